The average molecular weight is 421 g/mol. The Labute approximate surface area is 187 Å². The van der Waals surface area contributed by atoms with E-state index in [4.69, 9.17) is 0 Å². The number of carbonyl (C=O) groups is 1. The molecule has 0 atom stereocenters. The van der Waals surface area contributed by atoms with Crippen LogP contribution in [0.1, 0.15) is 23.2 Å². The first-order valence-corrected chi connectivity index (χ1v) is 10.9. The third-order valence-corrected chi connectivity index (χ3v) is 5.77. The zero-order valence-electron chi connectivity index (χ0n) is 17.7. The van der Waals surface area contributed by atoms with E-state index >= 15 is 0 Å². The Morgan fingerprint density at radius 3 is 2.00 bits per heavy atom. The summed E-state index contributed by atoms with van der Waals surface area (Å²) in [5, 5.41) is 11.7. The molecule has 5 nitrogen and oxygen atoms in total. The van der Waals surface area contributed by atoms with Gasteiger partial charge in [0.25, 0.3) is 5.91 Å². The van der Waals surface area contributed by atoms with Gasteiger partial charge in [-0.2, -0.15) is 0 Å². The van der Waals surface area contributed by atoms with Crippen LogP contribution in [0.25, 0.3) is 22.4 Å². The third kappa shape index (κ3) is 4.37. The van der Waals surface area contributed by atoms with Gasteiger partial charge < -0.3 is 10.2 Å². The Bertz CT molecular complexity index is 1180. The van der Waals surface area contributed by atoms with Crippen LogP contribution in [0.5, 0.6) is 0 Å². The van der Waals surface area contributed by atoms with Crippen molar-refractivity contribution >= 4 is 17.4 Å². The lowest BCUT2D eigenvalue weighted by Gasteiger charge is -2.15. The molecule has 32 heavy (non-hydrogen) atoms. The number of hydrogen-bond acceptors (Lipinski definition) is 4. The van der Waals surface area contributed by atoms with Gasteiger partial charge in [0.05, 0.1) is 5.69 Å². The van der Waals surface area contributed by atoms with Crippen molar-refractivity contribution in [2.45, 2.75) is 12.8 Å². The summed E-state index contributed by atoms with van der Waals surface area (Å²) in [6.45, 7) is 2.11. The first kappa shape index (κ1) is 19.9. The second kappa shape index (κ2) is 9.02. The van der Waals surface area contributed by atoms with E-state index < -0.39 is 0 Å². The van der Waals surface area contributed by atoms with Gasteiger partial charge in [-0.1, -0.05) is 54.6 Å². The molecule has 2 heterocycles. The van der Waals surface area contributed by atoms with E-state index in [9.17, 15) is 4.79 Å². The summed E-state index contributed by atoms with van der Waals surface area (Å²) in [6.07, 6.45) is 2.43. The Kier molecular flexibility index (Phi) is 5.62. The molecule has 1 saturated heterocycles. The van der Waals surface area contributed by atoms with Crippen molar-refractivity contribution in [3.05, 3.63) is 96.6 Å². The highest BCUT2D eigenvalue weighted by molar-refractivity contribution is 6.04. The summed E-state index contributed by atoms with van der Waals surface area (Å²) in [4.78, 5) is 14.9. The standard InChI is InChI=1S/C27H24N4O/c32-27(23-10-8-21(9-11-23)20-6-2-1-3-7-20)28-24-14-12-22(13-15-24)25-16-17-26(30-29-25)31-18-4-5-19-31/h1-3,6-17H,4-5,18-19H2,(H,28,32). The smallest absolute Gasteiger partial charge is 0.255 e. The maximum Gasteiger partial charge on any atom is 0.255 e. The van der Waals surface area contributed by atoms with Crippen molar-refractivity contribution in [3.8, 4) is 22.4 Å². The predicted molar refractivity (Wildman–Crippen MR) is 129 cm³/mol. The average Bonchev–Trinajstić information content (AvgIpc) is 3.40. The minimum absolute atomic E-state index is 0.132. The molecule has 4 aromatic rings. The third-order valence-electron chi connectivity index (χ3n) is 5.77. The summed E-state index contributed by atoms with van der Waals surface area (Å²) in [5.41, 5.74) is 5.37. The molecule has 0 spiro atoms. The number of hydrogen-bond donors (Lipinski definition) is 1. The molecule has 0 bridgehead atoms. The first-order chi connectivity index (χ1) is 15.8. The van der Waals surface area contributed by atoms with E-state index in [2.05, 4.69) is 32.5 Å². The number of aromatic nitrogens is 2. The lowest BCUT2D eigenvalue weighted by Crippen LogP contribution is -2.19. The number of carbonyl (C=O) groups excluding carboxylic acids is 1. The lowest BCUT2D eigenvalue weighted by molar-refractivity contribution is 0.102. The second-order valence-corrected chi connectivity index (χ2v) is 7.95. The van der Waals surface area contributed by atoms with Crippen LogP contribution < -0.4 is 10.2 Å². The zero-order valence-corrected chi connectivity index (χ0v) is 17.7. The highest BCUT2D eigenvalue weighted by Crippen LogP contribution is 2.23. The number of nitrogens with one attached hydrogen (secondary N) is 1. The van der Waals surface area contributed by atoms with Crippen LogP contribution in [0.2, 0.25) is 0 Å². The second-order valence-electron chi connectivity index (χ2n) is 7.95. The van der Waals surface area contributed by atoms with Crippen LogP contribution in [0.15, 0.2) is 91.0 Å². The van der Waals surface area contributed by atoms with E-state index in [-0.39, 0.29) is 5.91 Å². The molecule has 1 fully saturated rings. The van der Waals surface area contributed by atoms with E-state index in [1.807, 2.05) is 78.9 Å². The van der Waals surface area contributed by atoms with Crippen molar-refractivity contribution in [2.75, 3.05) is 23.3 Å². The van der Waals surface area contributed by atoms with Crippen LogP contribution in [-0.4, -0.2) is 29.2 Å². The molecule has 0 saturated carbocycles. The molecule has 1 aromatic heterocycles. The largest absolute Gasteiger partial charge is 0.355 e. The van der Waals surface area contributed by atoms with Crippen molar-refractivity contribution in [1.29, 1.82) is 0 Å². The van der Waals surface area contributed by atoms with Gasteiger partial charge in [-0.3, -0.25) is 4.79 Å². The van der Waals surface area contributed by atoms with Crippen LogP contribution in [0.3, 0.4) is 0 Å². The molecule has 1 aliphatic rings. The number of anilines is 2. The summed E-state index contributed by atoms with van der Waals surface area (Å²) >= 11 is 0. The summed E-state index contributed by atoms with van der Waals surface area (Å²) in [5.74, 6) is 0.806. The Hall–Kier alpha value is -3.99. The zero-order chi connectivity index (χ0) is 21.8. The van der Waals surface area contributed by atoms with Gasteiger partial charge in [0.15, 0.2) is 5.82 Å². The Morgan fingerprint density at radius 2 is 1.34 bits per heavy atom. The number of amides is 1. The number of benzene rings is 3. The molecule has 5 heteroatoms. The molecule has 0 radical (unpaired) electrons. The molecule has 1 amide bonds. The van der Waals surface area contributed by atoms with Crippen LogP contribution in [-0.2, 0) is 0 Å². The van der Waals surface area contributed by atoms with E-state index in [1.165, 1.54) is 12.8 Å². The fourth-order valence-corrected chi connectivity index (χ4v) is 3.97. The van der Waals surface area contributed by atoms with Crippen molar-refractivity contribution in [3.63, 3.8) is 0 Å². The molecular weight excluding hydrogens is 396 g/mol. The summed E-state index contributed by atoms with van der Waals surface area (Å²) in [6, 6.07) is 29.5. The molecule has 0 aliphatic carbocycles. The Morgan fingerprint density at radius 1 is 0.688 bits per heavy atom. The number of nitrogens with zero attached hydrogens (tertiary/aromatic N) is 3. The fourth-order valence-electron chi connectivity index (χ4n) is 3.97. The van der Waals surface area contributed by atoms with Gasteiger partial charge in [0.2, 0.25) is 0 Å². The fraction of sp³-hybridized carbons (Fsp3) is 0.148. The molecule has 0 unspecified atom stereocenters. The summed E-state index contributed by atoms with van der Waals surface area (Å²) in [7, 11) is 0. The highest BCUT2D eigenvalue weighted by atomic mass is 16.1. The minimum Gasteiger partial charge on any atom is -0.355 e. The van der Waals surface area contributed by atoms with E-state index in [0.717, 1.165) is 47.0 Å². The van der Waals surface area contributed by atoms with Crippen LogP contribution >= 0.6 is 0 Å². The molecule has 5 rings (SSSR count). The summed E-state index contributed by atoms with van der Waals surface area (Å²) < 4.78 is 0. The molecule has 1 aliphatic heterocycles. The lowest BCUT2D eigenvalue weighted by atomic mass is 10.0. The number of rotatable bonds is 5. The predicted octanol–water partition coefficient (Wildman–Crippen LogP) is 5.66. The van der Waals surface area contributed by atoms with E-state index in [0.29, 0.717) is 5.56 Å². The Balaban J connectivity index is 1.24. The van der Waals surface area contributed by atoms with Gasteiger partial charge in [-0.15, -0.1) is 10.2 Å². The quantitative estimate of drug-likeness (QED) is 0.452. The van der Waals surface area contributed by atoms with Gasteiger partial charge in [-0.25, -0.2) is 0 Å². The van der Waals surface area contributed by atoms with Crippen molar-refractivity contribution in [1.82, 2.24) is 10.2 Å². The van der Waals surface area contributed by atoms with Gasteiger partial charge >= 0.3 is 0 Å². The van der Waals surface area contributed by atoms with E-state index in [1.54, 1.807) is 0 Å². The molecular formula is C27H24N4O. The van der Waals surface area contributed by atoms with Crippen molar-refractivity contribution < 1.29 is 4.79 Å². The first-order valence-electron chi connectivity index (χ1n) is 10.9. The monoisotopic (exact) mass is 420 g/mol. The molecule has 3 aromatic carbocycles. The van der Waals surface area contributed by atoms with Gasteiger partial charge in [0.1, 0.15) is 0 Å². The van der Waals surface area contributed by atoms with Crippen LogP contribution in [0.4, 0.5) is 11.5 Å². The van der Waals surface area contributed by atoms with Gasteiger partial charge in [0, 0.05) is 29.9 Å². The molecule has 1 N–H and O–H groups in total. The molecule has 158 valence electrons. The SMILES string of the molecule is O=C(Nc1ccc(-c2ccc(N3CCCC3)nn2)cc1)c1ccc(-c2ccccc2)cc1. The highest BCUT2D eigenvalue weighted by Gasteiger charge is 2.14. The maximum absolute atomic E-state index is 12.6. The normalized spacial score (nSPS) is 13.2. The van der Waals surface area contributed by atoms with Gasteiger partial charge in [-0.05, 0) is 60.4 Å². The van der Waals surface area contributed by atoms with Crippen LogP contribution in [0, 0.1) is 0 Å². The topological polar surface area (TPSA) is 58.1 Å². The van der Waals surface area contributed by atoms with Crippen molar-refractivity contribution in [2.24, 2.45) is 0 Å². The minimum atomic E-state index is -0.132. The maximum atomic E-state index is 12.6.